The van der Waals surface area contributed by atoms with Crippen LogP contribution >= 0.6 is 11.6 Å². The van der Waals surface area contributed by atoms with E-state index in [1.807, 2.05) is 13.0 Å². The molecule has 1 heterocycles. The van der Waals surface area contributed by atoms with E-state index in [1.54, 1.807) is 0 Å². The van der Waals surface area contributed by atoms with Crippen molar-refractivity contribution in [2.24, 2.45) is 0 Å². The molecule has 0 saturated heterocycles. The van der Waals surface area contributed by atoms with Crippen LogP contribution in [0.5, 0.6) is 0 Å². The van der Waals surface area contributed by atoms with Crippen molar-refractivity contribution in [2.75, 3.05) is 0 Å². The molecule has 0 fully saturated rings. The summed E-state index contributed by atoms with van der Waals surface area (Å²) in [4.78, 5) is 0. The van der Waals surface area contributed by atoms with E-state index in [0.29, 0.717) is 11.8 Å². The first-order valence-electron chi connectivity index (χ1n) is 5.83. The molecule has 1 aromatic heterocycles. The van der Waals surface area contributed by atoms with Gasteiger partial charge in [0.1, 0.15) is 5.38 Å². The summed E-state index contributed by atoms with van der Waals surface area (Å²) in [5.74, 6) is 1.03. The molecule has 0 aliphatic heterocycles. The Hall–Kier alpha value is -1.35. The summed E-state index contributed by atoms with van der Waals surface area (Å²) in [6, 6.07) is 6.35. The minimum absolute atomic E-state index is 0.245. The van der Waals surface area contributed by atoms with Crippen molar-refractivity contribution in [1.29, 1.82) is 0 Å². The van der Waals surface area contributed by atoms with Gasteiger partial charge in [-0.2, -0.15) is 0 Å². The Kier molecular flexibility index (Phi) is 2.63. The highest BCUT2D eigenvalue weighted by Crippen LogP contribution is 2.28. The summed E-state index contributed by atoms with van der Waals surface area (Å²) < 4.78 is 5.54. The molecular weight excluding hydrogens is 236 g/mol. The van der Waals surface area contributed by atoms with Crippen LogP contribution in [0.3, 0.4) is 0 Å². The van der Waals surface area contributed by atoms with Gasteiger partial charge in [-0.1, -0.05) is 6.07 Å². The molecule has 0 radical (unpaired) electrons. The second kappa shape index (κ2) is 4.15. The average molecular weight is 249 g/mol. The Morgan fingerprint density at radius 1 is 1.24 bits per heavy atom. The van der Waals surface area contributed by atoms with Gasteiger partial charge in [0.2, 0.25) is 11.8 Å². The number of rotatable bonds is 2. The molecule has 0 saturated carbocycles. The molecule has 0 N–H and O–H groups in total. The summed E-state index contributed by atoms with van der Waals surface area (Å²) in [6.45, 7) is 1.82. The van der Waals surface area contributed by atoms with Crippen molar-refractivity contribution < 1.29 is 4.42 Å². The molecule has 88 valence electrons. The van der Waals surface area contributed by atoms with Crippen LogP contribution in [-0.2, 0) is 12.8 Å². The molecular formula is C13H13ClN2O. The Balaban J connectivity index is 1.97. The third-order valence-electron chi connectivity index (χ3n) is 3.13. The molecule has 2 aromatic rings. The lowest BCUT2D eigenvalue weighted by Crippen LogP contribution is -1.84. The fourth-order valence-electron chi connectivity index (χ4n) is 2.22. The average Bonchev–Trinajstić information content (AvgIpc) is 2.97. The van der Waals surface area contributed by atoms with Gasteiger partial charge in [-0.15, -0.1) is 21.8 Å². The van der Waals surface area contributed by atoms with E-state index in [1.165, 1.54) is 24.0 Å². The second-order valence-corrected chi connectivity index (χ2v) is 5.05. The predicted octanol–water partition coefficient (Wildman–Crippen LogP) is 3.53. The van der Waals surface area contributed by atoms with Crippen molar-refractivity contribution in [3.63, 3.8) is 0 Å². The van der Waals surface area contributed by atoms with E-state index < -0.39 is 0 Å². The second-order valence-electron chi connectivity index (χ2n) is 4.40. The van der Waals surface area contributed by atoms with Crippen LogP contribution in [0.4, 0.5) is 0 Å². The normalized spacial score (nSPS) is 15.9. The molecule has 1 aliphatic rings. The van der Waals surface area contributed by atoms with E-state index in [9.17, 15) is 0 Å². The van der Waals surface area contributed by atoms with Crippen LogP contribution in [0.1, 0.15) is 35.7 Å². The van der Waals surface area contributed by atoms with Gasteiger partial charge < -0.3 is 4.42 Å². The maximum absolute atomic E-state index is 5.90. The van der Waals surface area contributed by atoms with Crippen LogP contribution in [0, 0.1) is 0 Å². The van der Waals surface area contributed by atoms with Gasteiger partial charge in [0.05, 0.1) is 0 Å². The largest absolute Gasteiger partial charge is 0.419 e. The molecule has 1 atom stereocenters. The fourth-order valence-corrected chi connectivity index (χ4v) is 2.31. The van der Waals surface area contributed by atoms with Crippen molar-refractivity contribution >= 4 is 11.6 Å². The highest BCUT2D eigenvalue weighted by atomic mass is 35.5. The van der Waals surface area contributed by atoms with Crippen molar-refractivity contribution in [3.05, 3.63) is 35.2 Å². The van der Waals surface area contributed by atoms with Crippen LogP contribution < -0.4 is 0 Å². The number of hydrogen-bond donors (Lipinski definition) is 0. The first kappa shape index (κ1) is 10.8. The van der Waals surface area contributed by atoms with Crippen LogP contribution in [0.15, 0.2) is 22.6 Å². The highest BCUT2D eigenvalue weighted by Gasteiger charge is 2.15. The van der Waals surface area contributed by atoms with Gasteiger partial charge in [-0.25, -0.2) is 0 Å². The van der Waals surface area contributed by atoms with Crippen molar-refractivity contribution in [1.82, 2.24) is 10.2 Å². The Bertz CT molecular complexity index is 548. The molecule has 3 nitrogen and oxygen atoms in total. The lowest BCUT2D eigenvalue weighted by Gasteiger charge is -2.00. The van der Waals surface area contributed by atoms with Crippen LogP contribution in [0.25, 0.3) is 11.5 Å². The monoisotopic (exact) mass is 248 g/mol. The quantitative estimate of drug-likeness (QED) is 0.764. The first-order chi connectivity index (χ1) is 8.24. The molecule has 17 heavy (non-hydrogen) atoms. The van der Waals surface area contributed by atoms with E-state index in [-0.39, 0.29) is 5.38 Å². The van der Waals surface area contributed by atoms with Gasteiger partial charge in [0.15, 0.2) is 0 Å². The lowest BCUT2D eigenvalue weighted by atomic mass is 10.1. The number of nitrogens with zero attached hydrogens (tertiary/aromatic N) is 2. The van der Waals surface area contributed by atoms with Gasteiger partial charge in [0.25, 0.3) is 0 Å². The summed E-state index contributed by atoms with van der Waals surface area (Å²) in [5.41, 5.74) is 3.84. The van der Waals surface area contributed by atoms with Crippen molar-refractivity contribution in [3.8, 4) is 11.5 Å². The fraction of sp³-hybridized carbons (Fsp3) is 0.385. The number of benzene rings is 1. The number of alkyl halides is 1. The van der Waals surface area contributed by atoms with E-state index in [4.69, 9.17) is 16.0 Å². The van der Waals surface area contributed by atoms with Gasteiger partial charge in [-0.3, -0.25) is 0 Å². The predicted molar refractivity (Wildman–Crippen MR) is 66.0 cm³/mol. The van der Waals surface area contributed by atoms with Gasteiger partial charge in [-0.05, 0) is 49.4 Å². The summed E-state index contributed by atoms with van der Waals surface area (Å²) in [5, 5.41) is 7.72. The zero-order chi connectivity index (χ0) is 11.8. The Morgan fingerprint density at radius 2 is 2.06 bits per heavy atom. The zero-order valence-electron chi connectivity index (χ0n) is 9.61. The molecule has 0 bridgehead atoms. The van der Waals surface area contributed by atoms with Gasteiger partial charge >= 0.3 is 0 Å². The molecule has 0 spiro atoms. The van der Waals surface area contributed by atoms with Crippen molar-refractivity contribution in [2.45, 2.75) is 31.6 Å². The highest BCUT2D eigenvalue weighted by molar-refractivity contribution is 6.20. The summed E-state index contributed by atoms with van der Waals surface area (Å²) >= 11 is 5.90. The summed E-state index contributed by atoms with van der Waals surface area (Å²) in [7, 11) is 0. The number of halogens is 1. The third-order valence-corrected chi connectivity index (χ3v) is 3.31. The molecule has 0 amide bonds. The zero-order valence-corrected chi connectivity index (χ0v) is 10.4. The maximum Gasteiger partial charge on any atom is 0.247 e. The first-order valence-corrected chi connectivity index (χ1v) is 6.27. The van der Waals surface area contributed by atoms with E-state index in [0.717, 1.165) is 12.0 Å². The standard InChI is InChI=1S/C13H13ClN2O/c1-8(14)12-15-16-13(17-12)11-6-5-9-3-2-4-10(9)7-11/h5-8H,2-4H2,1H3. The molecule has 1 aliphatic carbocycles. The lowest BCUT2D eigenvalue weighted by molar-refractivity contribution is 0.507. The smallest absolute Gasteiger partial charge is 0.247 e. The van der Waals surface area contributed by atoms with E-state index >= 15 is 0 Å². The topological polar surface area (TPSA) is 38.9 Å². The minimum atomic E-state index is -0.245. The summed E-state index contributed by atoms with van der Waals surface area (Å²) in [6.07, 6.45) is 3.58. The molecule has 3 rings (SSSR count). The van der Waals surface area contributed by atoms with Crippen LogP contribution in [0.2, 0.25) is 0 Å². The third kappa shape index (κ3) is 1.95. The molecule has 1 aromatic carbocycles. The minimum Gasteiger partial charge on any atom is -0.419 e. The van der Waals surface area contributed by atoms with Gasteiger partial charge in [0, 0.05) is 5.56 Å². The molecule has 1 unspecified atom stereocenters. The Morgan fingerprint density at radius 3 is 2.82 bits per heavy atom. The Labute approximate surface area is 105 Å². The number of aryl methyl sites for hydroxylation is 2. The molecule has 4 heteroatoms. The number of fused-ring (bicyclic) bond motifs is 1. The van der Waals surface area contributed by atoms with Crippen LogP contribution in [-0.4, -0.2) is 10.2 Å². The SMILES string of the molecule is CC(Cl)c1nnc(-c2ccc3c(c2)CCC3)o1. The maximum atomic E-state index is 5.90. The number of aromatic nitrogens is 2. The van der Waals surface area contributed by atoms with E-state index in [2.05, 4.69) is 22.3 Å². The number of hydrogen-bond acceptors (Lipinski definition) is 3.